The zero-order valence-corrected chi connectivity index (χ0v) is 13.8. The van der Waals surface area contributed by atoms with Gasteiger partial charge in [0.15, 0.2) is 0 Å². The second-order valence-corrected chi connectivity index (χ2v) is 6.20. The Kier molecular flexibility index (Phi) is 4.24. The number of hydrogen-bond acceptors (Lipinski definition) is 4. The van der Waals surface area contributed by atoms with Crippen LogP contribution >= 0.6 is 0 Å². The fraction of sp³-hybridized carbons (Fsp3) is 0.263. The van der Waals surface area contributed by atoms with Crippen LogP contribution in [0.2, 0.25) is 0 Å². The molecule has 25 heavy (non-hydrogen) atoms. The maximum atomic E-state index is 12.7. The largest absolute Gasteiger partial charge is 0.334 e. The molecule has 0 radical (unpaired) electrons. The molecule has 0 saturated carbocycles. The number of fused-ring (bicyclic) bond motifs is 1. The van der Waals surface area contributed by atoms with Crippen molar-refractivity contribution in [2.75, 3.05) is 6.54 Å². The van der Waals surface area contributed by atoms with Gasteiger partial charge < -0.3 is 4.90 Å². The quantitative estimate of drug-likeness (QED) is 0.688. The third-order valence-corrected chi connectivity index (χ3v) is 4.61. The summed E-state index contributed by atoms with van der Waals surface area (Å²) < 4.78 is 1.79. The van der Waals surface area contributed by atoms with Gasteiger partial charge in [-0.05, 0) is 36.6 Å². The fourth-order valence-electron chi connectivity index (χ4n) is 3.38. The first-order valence-electron chi connectivity index (χ1n) is 8.46. The fourth-order valence-corrected chi connectivity index (χ4v) is 3.38. The van der Waals surface area contributed by atoms with Crippen molar-refractivity contribution in [3.05, 3.63) is 60.8 Å². The van der Waals surface area contributed by atoms with E-state index in [1.54, 1.807) is 23.3 Å². The lowest BCUT2D eigenvalue weighted by atomic mass is 10.1. The van der Waals surface area contributed by atoms with Crippen molar-refractivity contribution in [1.82, 2.24) is 24.6 Å². The summed E-state index contributed by atoms with van der Waals surface area (Å²) in [7, 11) is 0. The van der Waals surface area contributed by atoms with Gasteiger partial charge in [-0.3, -0.25) is 14.5 Å². The van der Waals surface area contributed by atoms with Gasteiger partial charge in [0.25, 0.3) is 0 Å². The first kappa shape index (κ1) is 15.5. The average molecular weight is 333 g/mol. The van der Waals surface area contributed by atoms with Gasteiger partial charge in [-0.1, -0.05) is 18.2 Å². The smallest absolute Gasteiger partial charge is 0.246 e. The van der Waals surface area contributed by atoms with Gasteiger partial charge in [0.2, 0.25) is 5.91 Å². The monoisotopic (exact) mass is 333 g/mol. The molecule has 1 aromatic carbocycles. The molecule has 1 unspecified atom stereocenters. The van der Waals surface area contributed by atoms with Crippen molar-refractivity contribution in [3.63, 3.8) is 0 Å². The first-order valence-corrected chi connectivity index (χ1v) is 8.46. The summed E-state index contributed by atoms with van der Waals surface area (Å²) >= 11 is 0. The molecule has 126 valence electrons. The second-order valence-electron chi connectivity index (χ2n) is 6.20. The van der Waals surface area contributed by atoms with Crippen LogP contribution in [0.5, 0.6) is 0 Å². The summed E-state index contributed by atoms with van der Waals surface area (Å²) in [5, 5.41) is 5.19. The Morgan fingerprint density at radius 1 is 1.28 bits per heavy atom. The molecule has 6 heteroatoms. The van der Waals surface area contributed by atoms with Crippen molar-refractivity contribution in [2.45, 2.75) is 25.4 Å². The van der Waals surface area contributed by atoms with Crippen LogP contribution in [0.4, 0.5) is 0 Å². The number of amides is 1. The van der Waals surface area contributed by atoms with E-state index in [9.17, 15) is 4.79 Å². The number of pyridine rings is 1. The molecule has 0 bridgehead atoms. The summed E-state index contributed by atoms with van der Waals surface area (Å²) in [6.45, 7) is 1.48. The number of nitrogens with zero attached hydrogens (tertiary/aromatic N) is 5. The average Bonchev–Trinajstić information content (AvgIpc) is 3.32. The van der Waals surface area contributed by atoms with E-state index in [4.69, 9.17) is 0 Å². The number of carbonyl (C=O) groups is 1. The summed E-state index contributed by atoms with van der Waals surface area (Å²) in [6.07, 6.45) is 10.6. The number of para-hydroxylation sites is 1. The van der Waals surface area contributed by atoms with Crippen molar-refractivity contribution in [1.29, 1.82) is 0 Å². The van der Waals surface area contributed by atoms with Gasteiger partial charge >= 0.3 is 0 Å². The number of likely N-dealkylation sites (tertiary alicyclic amines) is 1. The minimum atomic E-state index is 0.0449. The SMILES string of the molecule is O=C(/C=C/c1ccnc2ccccc12)N1CCCC1Cn1cncn1. The third kappa shape index (κ3) is 3.28. The molecule has 0 N–H and O–H groups in total. The third-order valence-electron chi connectivity index (χ3n) is 4.61. The molecule has 2 aromatic heterocycles. The summed E-state index contributed by atoms with van der Waals surface area (Å²) in [5.74, 6) is 0.0449. The Hall–Kier alpha value is -3.02. The minimum absolute atomic E-state index is 0.0449. The van der Waals surface area contributed by atoms with Crippen molar-refractivity contribution in [2.24, 2.45) is 0 Å². The Morgan fingerprint density at radius 2 is 2.20 bits per heavy atom. The van der Waals surface area contributed by atoms with Crippen LogP contribution in [-0.2, 0) is 11.3 Å². The van der Waals surface area contributed by atoms with Crippen LogP contribution in [0.15, 0.2) is 55.3 Å². The minimum Gasteiger partial charge on any atom is -0.334 e. The van der Waals surface area contributed by atoms with Crippen molar-refractivity contribution < 1.29 is 4.79 Å². The molecular formula is C19H19N5O. The molecule has 3 aromatic rings. The van der Waals surface area contributed by atoms with Crippen molar-refractivity contribution in [3.8, 4) is 0 Å². The van der Waals surface area contributed by atoms with Gasteiger partial charge in [0.1, 0.15) is 12.7 Å². The topological polar surface area (TPSA) is 63.9 Å². The predicted molar refractivity (Wildman–Crippen MR) is 95.5 cm³/mol. The molecular weight excluding hydrogens is 314 g/mol. The zero-order valence-electron chi connectivity index (χ0n) is 13.8. The Morgan fingerprint density at radius 3 is 3.08 bits per heavy atom. The highest BCUT2D eigenvalue weighted by Gasteiger charge is 2.27. The van der Waals surface area contributed by atoms with E-state index in [2.05, 4.69) is 15.1 Å². The maximum absolute atomic E-state index is 12.7. The van der Waals surface area contributed by atoms with Gasteiger partial charge in [-0.25, -0.2) is 4.98 Å². The molecule has 6 nitrogen and oxygen atoms in total. The highest BCUT2D eigenvalue weighted by atomic mass is 16.2. The lowest BCUT2D eigenvalue weighted by Gasteiger charge is -2.23. The molecule has 4 rings (SSSR count). The number of aromatic nitrogens is 4. The zero-order chi connectivity index (χ0) is 17.1. The molecule has 1 amide bonds. The van der Waals surface area contributed by atoms with Crippen LogP contribution in [0.3, 0.4) is 0 Å². The van der Waals surface area contributed by atoms with E-state index in [1.165, 1.54) is 6.33 Å². The summed E-state index contributed by atoms with van der Waals surface area (Å²) in [4.78, 5) is 22.9. The van der Waals surface area contributed by atoms with Gasteiger partial charge in [0.05, 0.1) is 18.1 Å². The molecule has 1 fully saturated rings. The molecule has 0 aliphatic carbocycles. The Balaban J connectivity index is 1.51. The van der Waals surface area contributed by atoms with Gasteiger partial charge in [0, 0.05) is 24.2 Å². The van der Waals surface area contributed by atoms with Crippen LogP contribution in [0.1, 0.15) is 18.4 Å². The van der Waals surface area contributed by atoms with E-state index in [1.807, 2.05) is 41.3 Å². The van der Waals surface area contributed by atoms with E-state index < -0.39 is 0 Å². The first-order chi connectivity index (χ1) is 12.3. The number of rotatable bonds is 4. The van der Waals surface area contributed by atoms with Gasteiger partial charge in [-0.15, -0.1) is 0 Å². The van der Waals surface area contributed by atoms with Gasteiger partial charge in [-0.2, -0.15) is 5.10 Å². The normalized spacial score (nSPS) is 17.6. The van der Waals surface area contributed by atoms with Crippen LogP contribution < -0.4 is 0 Å². The molecule has 1 atom stereocenters. The standard InChI is InChI=1S/C19H19N5O/c25-19(24-11-3-4-16(24)12-23-14-20-13-22-23)8-7-15-9-10-21-18-6-2-1-5-17(15)18/h1-2,5-10,13-14,16H,3-4,11-12H2/b8-7+. The number of hydrogen-bond donors (Lipinski definition) is 0. The predicted octanol–water partition coefficient (Wildman–Crippen LogP) is 2.53. The number of carbonyl (C=O) groups excluding carboxylic acids is 1. The van der Waals surface area contributed by atoms with Crippen LogP contribution in [-0.4, -0.2) is 43.1 Å². The van der Waals surface area contributed by atoms with Crippen molar-refractivity contribution >= 4 is 22.9 Å². The molecule has 1 saturated heterocycles. The highest BCUT2D eigenvalue weighted by molar-refractivity contribution is 5.95. The Labute approximate surface area is 145 Å². The molecule has 1 aliphatic heterocycles. The lowest BCUT2D eigenvalue weighted by molar-refractivity contribution is -0.126. The van der Waals surface area contributed by atoms with Crippen LogP contribution in [0, 0.1) is 0 Å². The van der Waals surface area contributed by atoms with E-state index in [0.717, 1.165) is 35.9 Å². The van der Waals surface area contributed by atoms with E-state index in [0.29, 0.717) is 6.54 Å². The number of benzene rings is 1. The molecule has 3 heterocycles. The van der Waals surface area contributed by atoms with Crippen LogP contribution in [0.25, 0.3) is 17.0 Å². The maximum Gasteiger partial charge on any atom is 0.246 e. The molecule has 0 spiro atoms. The highest BCUT2D eigenvalue weighted by Crippen LogP contribution is 2.21. The summed E-state index contributed by atoms with van der Waals surface area (Å²) in [6, 6.07) is 10.1. The summed E-state index contributed by atoms with van der Waals surface area (Å²) in [5.41, 5.74) is 1.94. The lowest BCUT2D eigenvalue weighted by Crippen LogP contribution is -2.37. The Bertz CT molecular complexity index is 898. The second kappa shape index (κ2) is 6.84. The van der Waals surface area contributed by atoms with E-state index >= 15 is 0 Å². The van der Waals surface area contributed by atoms with E-state index in [-0.39, 0.29) is 11.9 Å². The molecule has 1 aliphatic rings.